The minimum atomic E-state index is 0.658. The van der Waals surface area contributed by atoms with Crippen LogP contribution in [0.1, 0.15) is 32.1 Å². The van der Waals surface area contributed by atoms with Crippen LogP contribution < -0.4 is 5.73 Å². The van der Waals surface area contributed by atoms with Gasteiger partial charge in [-0.05, 0) is 51.6 Å². The molecule has 0 amide bonds. The van der Waals surface area contributed by atoms with Gasteiger partial charge in [0.2, 0.25) is 0 Å². The van der Waals surface area contributed by atoms with Crippen LogP contribution in [0, 0.1) is 5.92 Å². The molecule has 3 aliphatic rings. The van der Waals surface area contributed by atoms with E-state index >= 15 is 0 Å². The molecule has 1 saturated carbocycles. The Kier molecular flexibility index (Phi) is 2.94. The Balaban J connectivity index is 1.66. The maximum Gasteiger partial charge on any atom is 0.0264 e. The summed E-state index contributed by atoms with van der Waals surface area (Å²) in [6, 6.07) is 2.29. The number of rotatable bonds is 4. The molecule has 0 spiro atoms. The van der Waals surface area contributed by atoms with Crippen molar-refractivity contribution in [3.63, 3.8) is 0 Å². The first-order chi connectivity index (χ1) is 7.81. The van der Waals surface area contributed by atoms with Crippen LogP contribution in [0.5, 0.6) is 0 Å². The van der Waals surface area contributed by atoms with Gasteiger partial charge in [-0.3, -0.25) is 9.80 Å². The highest BCUT2D eigenvalue weighted by molar-refractivity contribution is 4.99. The average molecular weight is 223 g/mol. The van der Waals surface area contributed by atoms with E-state index in [-0.39, 0.29) is 0 Å². The summed E-state index contributed by atoms with van der Waals surface area (Å²) in [5.74, 6) is 0.908. The lowest BCUT2D eigenvalue weighted by Gasteiger charge is -2.35. The van der Waals surface area contributed by atoms with E-state index in [9.17, 15) is 0 Å². The molecule has 3 rings (SSSR count). The van der Waals surface area contributed by atoms with E-state index in [1.54, 1.807) is 0 Å². The Bertz CT molecular complexity index is 252. The monoisotopic (exact) mass is 223 g/mol. The molecule has 0 bridgehead atoms. The molecule has 0 aromatic rings. The fourth-order valence-electron chi connectivity index (χ4n) is 3.95. The van der Waals surface area contributed by atoms with Gasteiger partial charge in [-0.15, -0.1) is 0 Å². The fourth-order valence-corrected chi connectivity index (χ4v) is 3.95. The molecule has 92 valence electrons. The van der Waals surface area contributed by atoms with Gasteiger partial charge >= 0.3 is 0 Å². The van der Waals surface area contributed by atoms with Gasteiger partial charge in [-0.25, -0.2) is 0 Å². The fraction of sp³-hybridized carbons (Fsp3) is 1.00. The van der Waals surface area contributed by atoms with E-state index < -0.39 is 0 Å². The summed E-state index contributed by atoms with van der Waals surface area (Å²) in [5, 5.41) is 0. The second-order valence-corrected chi connectivity index (χ2v) is 5.91. The van der Waals surface area contributed by atoms with E-state index in [4.69, 9.17) is 5.73 Å². The highest BCUT2D eigenvalue weighted by atomic mass is 15.3. The third-order valence-corrected chi connectivity index (χ3v) is 5.02. The van der Waals surface area contributed by atoms with Gasteiger partial charge in [0.25, 0.3) is 0 Å². The van der Waals surface area contributed by atoms with Crippen LogP contribution >= 0.6 is 0 Å². The normalized spacial score (nSPS) is 36.9. The third-order valence-electron chi connectivity index (χ3n) is 5.02. The highest BCUT2D eigenvalue weighted by Gasteiger charge is 2.43. The number of nitrogens with two attached hydrogens (primary N) is 1. The quantitative estimate of drug-likeness (QED) is 0.768. The molecular formula is C13H25N3. The lowest BCUT2D eigenvalue weighted by atomic mass is 10.0. The molecule has 0 radical (unpaired) electrons. The Morgan fingerprint density at radius 1 is 1.25 bits per heavy atom. The van der Waals surface area contributed by atoms with Gasteiger partial charge in [0.1, 0.15) is 0 Å². The largest absolute Gasteiger partial charge is 0.329 e. The molecule has 2 aliphatic heterocycles. The molecule has 3 atom stereocenters. The Morgan fingerprint density at radius 2 is 2.06 bits per heavy atom. The maximum atomic E-state index is 5.96. The molecule has 2 saturated heterocycles. The number of nitrogens with zero attached hydrogens (tertiary/aromatic N) is 2. The summed E-state index contributed by atoms with van der Waals surface area (Å²) in [7, 11) is 2.32. The predicted molar refractivity (Wildman–Crippen MR) is 66.3 cm³/mol. The first-order valence-electron chi connectivity index (χ1n) is 6.97. The highest BCUT2D eigenvalue weighted by Crippen LogP contribution is 2.38. The zero-order valence-corrected chi connectivity index (χ0v) is 10.4. The zero-order valence-electron chi connectivity index (χ0n) is 10.4. The van der Waals surface area contributed by atoms with E-state index in [0.717, 1.165) is 24.5 Å². The van der Waals surface area contributed by atoms with Crippen molar-refractivity contribution in [2.75, 3.05) is 26.7 Å². The van der Waals surface area contributed by atoms with Crippen molar-refractivity contribution in [1.82, 2.24) is 9.80 Å². The predicted octanol–water partition coefficient (Wildman–Crippen LogP) is 0.892. The summed E-state index contributed by atoms with van der Waals surface area (Å²) in [6.07, 6.45) is 7.01. The van der Waals surface area contributed by atoms with Crippen LogP contribution in [0.3, 0.4) is 0 Å². The van der Waals surface area contributed by atoms with Crippen molar-refractivity contribution in [3.05, 3.63) is 0 Å². The SMILES string of the molecule is CN(C(CN)C1CC1)C1CCN2CCCC12. The standard InChI is InChI=1S/C13H25N3/c1-15(13(9-14)10-4-5-10)11-6-8-16-7-2-3-12(11)16/h10-13H,2-9,14H2,1H3. The van der Waals surface area contributed by atoms with Gasteiger partial charge < -0.3 is 5.73 Å². The molecule has 1 aliphatic carbocycles. The topological polar surface area (TPSA) is 32.5 Å². The van der Waals surface area contributed by atoms with Crippen molar-refractivity contribution in [3.8, 4) is 0 Å². The number of hydrogen-bond donors (Lipinski definition) is 1. The second-order valence-electron chi connectivity index (χ2n) is 5.91. The molecule has 3 nitrogen and oxygen atoms in total. The van der Waals surface area contributed by atoms with Crippen molar-refractivity contribution in [2.45, 2.75) is 50.2 Å². The lowest BCUT2D eigenvalue weighted by molar-refractivity contribution is 0.131. The van der Waals surface area contributed by atoms with E-state index in [1.807, 2.05) is 0 Å². The first kappa shape index (κ1) is 11.0. The lowest BCUT2D eigenvalue weighted by Crippen LogP contribution is -2.49. The summed E-state index contributed by atoms with van der Waals surface area (Å²) in [5.41, 5.74) is 5.96. The zero-order chi connectivity index (χ0) is 11.1. The summed E-state index contributed by atoms with van der Waals surface area (Å²) in [4.78, 5) is 5.33. The van der Waals surface area contributed by atoms with Crippen LogP contribution in [0.2, 0.25) is 0 Å². The van der Waals surface area contributed by atoms with Gasteiger partial charge in [0.05, 0.1) is 0 Å². The summed E-state index contributed by atoms with van der Waals surface area (Å²) in [6.45, 7) is 3.51. The van der Waals surface area contributed by atoms with Gasteiger partial charge in [-0.1, -0.05) is 0 Å². The van der Waals surface area contributed by atoms with Gasteiger partial charge in [0, 0.05) is 31.2 Å². The Hall–Kier alpha value is -0.120. The molecule has 2 heterocycles. The molecule has 2 N–H and O–H groups in total. The van der Waals surface area contributed by atoms with Crippen molar-refractivity contribution < 1.29 is 0 Å². The molecule has 3 fully saturated rings. The Morgan fingerprint density at radius 3 is 2.75 bits per heavy atom. The average Bonchev–Trinajstić information content (AvgIpc) is 2.87. The van der Waals surface area contributed by atoms with Crippen LogP contribution in [0.4, 0.5) is 0 Å². The Labute approximate surface area is 99.0 Å². The minimum Gasteiger partial charge on any atom is -0.329 e. The van der Waals surface area contributed by atoms with Crippen LogP contribution in [-0.4, -0.2) is 54.6 Å². The maximum absolute atomic E-state index is 5.96. The molecule has 3 heteroatoms. The van der Waals surface area contributed by atoms with Gasteiger partial charge in [-0.2, -0.15) is 0 Å². The van der Waals surface area contributed by atoms with Crippen molar-refractivity contribution in [1.29, 1.82) is 0 Å². The van der Waals surface area contributed by atoms with Gasteiger partial charge in [0.15, 0.2) is 0 Å². The minimum absolute atomic E-state index is 0.658. The van der Waals surface area contributed by atoms with E-state index in [0.29, 0.717) is 6.04 Å². The third kappa shape index (κ3) is 1.79. The van der Waals surface area contributed by atoms with E-state index in [2.05, 4.69) is 16.8 Å². The first-order valence-corrected chi connectivity index (χ1v) is 6.97. The second kappa shape index (κ2) is 4.28. The number of fused-ring (bicyclic) bond motifs is 1. The van der Waals surface area contributed by atoms with Crippen LogP contribution in [0.25, 0.3) is 0 Å². The molecule has 0 aromatic heterocycles. The molecule has 16 heavy (non-hydrogen) atoms. The number of likely N-dealkylation sites (N-methyl/N-ethyl adjacent to an activating group) is 1. The molecular weight excluding hydrogens is 198 g/mol. The molecule has 3 unspecified atom stereocenters. The van der Waals surface area contributed by atoms with Crippen LogP contribution in [-0.2, 0) is 0 Å². The van der Waals surface area contributed by atoms with Crippen molar-refractivity contribution >= 4 is 0 Å². The van der Waals surface area contributed by atoms with Crippen molar-refractivity contribution in [2.24, 2.45) is 11.7 Å². The van der Waals surface area contributed by atoms with Crippen LogP contribution in [0.15, 0.2) is 0 Å². The number of hydrogen-bond acceptors (Lipinski definition) is 3. The molecule has 0 aromatic carbocycles. The van der Waals surface area contributed by atoms with E-state index in [1.165, 1.54) is 45.2 Å². The summed E-state index contributed by atoms with van der Waals surface area (Å²) < 4.78 is 0. The smallest absolute Gasteiger partial charge is 0.0264 e. The summed E-state index contributed by atoms with van der Waals surface area (Å²) >= 11 is 0.